The molecule has 2 aliphatic rings. The zero-order valence-electron chi connectivity index (χ0n) is 16.7. The summed E-state index contributed by atoms with van der Waals surface area (Å²) < 4.78 is 15.9. The van der Waals surface area contributed by atoms with Gasteiger partial charge < -0.3 is 5.11 Å². The number of carboxylic acids is 1. The van der Waals surface area contributed by atoms with Crippen molar-refractivity contribution in [3.63, 3.8) is 0 Å². The number of thiol groups is 1. The van der Waals surface area contributed by atoms with Gasteiger partial charge in [-0.05, 0) is 30.9 Å². The van der Waals surface area contributed by atoms with Gasteiger partial charge >= 0.3 is 5.97 Å². The highest BCUT2D eigenvalue weighted by molar-refractivity contribution is 7.81. The van der Waals surface area contributed by atoms with Gasteiger partial charge in [-0.3, -0.25) is 9.69 Å². The van der Waals surface area contributed by atoms with Crippen molar-refractivity contribution in [2.45, 2.75) is 37.1 Å². The number of benzene rings is 1. The van der Waals surface area contributed by atoms with E-state index in [1.54, 1.807) is 18.2 Å². The van der Waals surface area contributed by atoms with Crippen LogP contribution in [0.15, 0.2) is 42.1 Å². The molecule has 1 saturated heterocycles. The molecule has 4 rings (SSSR count). The third-order valence-electron chi connectivity index (χ3n) is 5.68. The zero-order chi connectivity index (χ0) is 21.3. The van der Waals surface area contributed by atoms with Crippen LogP contribution in [0.3, 0.4) is 0 Å². The molecule has 2 aromatic rings. The Morgan fingerprint density at radius 1 is 1.29 bits per heavy atom. The van der Waals surface area contributed by atoms with Crippen molar-refractivity contribution in [3.05, 3.63) is 59.2 Å². The van der Waals surface area contributed by atoms with Crippen LogP contribution in [0.1, 0.15) is 41.4 Å². The van der Waals surface area contributed by atoms with Crippen LogP contribution in [0.25, 0.3) is 0 Å². The van der Waals surface area contributed by atoms with Gasteiger partial charge in [-0.1, -0.05) is 29.5 Å². The number of rotatable bonds is 7. The van der Waals surface area contributed by atoms with E-state index in [2.05, 4.69) is 22.9 Å². The first kappa shape index (κ1) is 23.4. The average Bonchev–Trinajstić information content (AvgIpc) is 3.47. The van der Waals surface area contributed by atoms with Crippen molar-refractivity contribution in [1.29, 1.82) is 0 Å². The number of carbonyl (C=O) groups is 2. The average molecular weight is 467 g/mol. The molecule has 0 spiro atoms. The fourth-order valence-electron chi connectivity index (χ4n) is 3.89. The maximum atomic E-state index is 14.6. The van der Waals surface area contributed by atoms with E-state index in [0.717, 1.165) is 18.4 Å². The van der Waals surface area contributed by atoms with Crippen molar-refractivity contribution >= 4 is 36.8 Å². The number of hydrogen-bond donors (Lipinski definition) is 2. The van der Waals surface area contributed by atoms with Gasteiger partial charge in [-0.15, -0.1) is 17.5 Å². The predicted octanol–water partition coefficient (Wildman–Crippen LogP) is 3.19. The fourth-order valence-corrected chi connectivity index (χ4v) is 4.20. The lowest BCUT2D eigenvalue weighted by Crippen LogP contribution is -2.42. The molecule has 0 bridgehead atoms. The second kappa shape index (κ2) is 9.93. The summed E-state index contributed by atoms with van der Waals surface area (Å²) in [5.74, 6) is -1.39. The molecule has 0 radical (unpaired) electrons. The van der Waals surface area contributed by atoms with E-state index < -0.39 is 12.0 Å². The lowest BCUT2D eigenvalue weighted by atomic mass is 9.93. The number of piperidine rings is 1. The lowest BCUT2D eigenvalue weighted by molar-refractivity contribution is -0.126. The third-order valence-corrected chi connectivity index (χ3v) is 6.27. The summed E-state index contributed by atoms with van der Waals surface area (Å²) in [6.07, 6.45) is 5.51. The molecule has 0 amide bonds. The molecule has 2 fully saturated rings. The Labute approximate surface area is 191 Å². The highest BCUT2D eigenvalue weighted by Gasteiger charge is 2.40. The number of aromatic nitrogens is 3. The van der Waals surface area contributed by atoms with Gasteiger partial charge in [0.05, 0.1) is 18.8 Å². The minimum absolute atomic E-state index is 0. The maximum Gasteiger partial charge on any atom is 0.355 e. The number of aromatic carboxylic acids is 1. The number of hydrogen-bond acceptors (Lipinski definition) is 6. The van der Waals surface area contributed by atoms with Crippen LogP contribution >= 0.6 is 25.0 Å². The van der Waals surface area contributed by atoms with Crippen molar-refractivity contribution in [1.82, 2.24) is 19.9 Å². The number of halogens is 2. The molecule has 2 unspecified atom stereocenters. The molecule has 2 atom stereocenters. The lowest BCUT2D eigenvalue weighted by Gasteiger charge is -2.37. The quantitative estimate of drug-likeness (QED) is 0.481. The van der Waals surface area contributed by atoms with Crippen molar-refractivity contribution < 1.29 is 19.1 Å². The van der Waals surface area contributed by atoms with Crippen LogP contribution in [0.5, 0.6) is 0 Å². The van der Waals surface area contributed by atoms with E-state index in [0.29, 0.717) is 25.1 Å². The molecule has 7 nitrogen and oxygen atoms in total. The summed E-state index contributed by atoms with van der Waals surface area (Å²) in [6.45, 7) is 1.33. The summed E-state index contributed by atoms with van der Waals surface area (Å²) in [5, 5.41) is 16.7. The van der Waals surface area contributed by atoms with E-state index in [9.17, 15) is 19.1 Å². The smallest absolute Gasteiger partial charge is 0.355 e. The minimum atomic E-state index is -1.10. The van der Waals surface area contributed by atoms with Crippen molar-refractivity contribution in [2.75, 3.05) is 13.1 Å². The number of ketones is 1. The molecule has 166 valence electrons. The van der Waals surface area contributed by atoms with Gasteiger partial charge in [0.1, 0.15) is 5.82 Å². The van der Waals surface area contributed by atoms with Gasteiger partial charge in [-0.2, -0.15) is 12.6 Å². The molecule has 1 aliphatic carbocycles. The predicted molar refractivity (Wildman–Crippen MR) is 118 cm³/mol. The fraction of sp³-hybridized carbons (Fsp3) is 0.429. The Morgan fingerprint density at radius 3 is 2.71 bits per heavy atom. The van der Waals surface area contributed by atoms with Crippen LogP contribution in [0.2, 0.25) is 0 Å². The highest BCUT2D eigenvalue weighted by Crippen LogP contribution is 2.39. The topological polar surface area (TPSA) is 88.3 Å². The van der Waals surface area contributed by atoms with Crippen molar-refractivity contribution in [3.8, 4) is 0 Å². The Kier molecular flexibility index (Phi) is 7.51. The SMILES string of the molecule is Cl.O=C(O)c1cnnn1C/C=C1/CN(C(C(=O)C2CC2)c2ccccc2F)CCC1S. The van der Waals surface area contributed by atoms with Crippen LogP contribution in [-0.2, 0) is 11.3 Å². The molecule has 1 N–H and O–H groups in total. The van der Waals surface area contributed by atoms with Gasteiger partial charge in [0.25, 0.3) is 0 Å². The highest BCUT2D eigenvalue weighted by atomic mass is 35.5. The normalized spacial score (nSPS) is 21.5. The van der Waals surface area contributed by atoms with E-state index in [4.69, 9.17) is 0 Å². The van der Waals surface area contributed by atoms with Gasteiger partial charge in [0.15, 0.2) is 11.5 Å². The number of allylic oxidation sites excluding steroid dienone is 1. The minimum Gasteiger partial charge on any atom is -0.476 e. The molecular weight excluding hydrogens is 443 g/mol. The van der Waals surface area contributed by atoms with Crippen molar-refractivity contribution in [2.24, 2.45) is 5.92 Å². The molecular formula is C21H24ClFN4O3S. The Hall–Kier alpha value is -2.23. The van der Waals surface area contributed by atoms with E-state index in [1.165, 1.54) is 16.9 Å². The van der Waals surface area contributed by atoms with Gasteiger partial charge in [0.2, 0.25) is 0 Å². The standard InChI is InChI=1S/C21H23FN4O3S.ClH/c22-16-4-2-1-3-15(16)19(20(27)13-5-6-13)25-9-8-18(30)14(12-25)7-10-26-17(21(28)29)11-23-24-26;/h1-4,7,11,13,18-19,30H,5-6,8-10,12H2,(H,28,29);1H/b14-7-;. The number of carbonyl (C=O) groups excluding carboxylic acids is 1. The van der Waals surface area contributed by atoms with Crippen LogP contribution in [0.4, 0.5) is 4.39 Å². The zero-order valence-corrected chi connectivity index (χ0v) is 18.4. The van der Waals surface area contributed by atoms with E-state index in [-0.39, 0.29) is 47.4 Å². The second-order valence-corrected chi connectivity index (χ2v) is 8.38. The van der Waals surface area contributed by atoms with Crippen LogP contribution in [-0.4, -0.2) is 55.1 Å². The maximum absolute atomic E-state index is 14.6. The van der Waals surface area contributed by atoms with E-state index in [1.807, 2.05) is 11.0 Å². The molecule has 31 heavy (non-hydrogen) atoms. The molecule has 10 heteroatoms. The van der Waals surface area contributed by atoms with E-state index >= 15 is 0 Å². The van der Waals surface area contributed by atoms with Gasteiger partial charge in [0, 0.05) is 29.8 Å². The summed E-state index contributed by atoms with van der Waals surface area (Å²) >= 11 is 4.66. The number of likely N-dealkylation sites (tertiary alicyclic amines) is 1. The van der Waals surface area contributed by atoms with Gasteiger partial charge in [-0.25, -0.2) is 13.9 Å². The second-order valence-electron chi connectivity index (χ2n) is 7.76. The monoisotopic (exact) mass is 466 g/mol. The summed E-state index contributed by atoms with van der Waals surface area (Å²) in [7, 11) is 0. The largest absolute Gasteiger partial charge is 0.476 e. The summed E-state index contributed by atoms with van der Waals surface area (Å²) in [4.78, 5) is 26.3. The Bertz CT molecular complexity index is 995. The summed E-state index contributed by atoms with van der Waals surface area (Å²) in [5.41, 5.74) is 1.38. The molecule has 1 saturated carbocycles. The third kappa shape index (κ3) is 5.16. The number of nitrogens with zero attached hydrogens (tertiary/aromatic N) is 4. The molecule has 1 aromatic heterocycles. The molecule has 2 heterocycles. The molecule has 1 aromatic carbocycles. The van der Waals surface area contributed by atoms with Crippen LogP contribution < -0.4 is 0 Å². The number of Topliss-reactive ketones (excluding diaryl/α,β-unsaturated/α-hetero) is 1. The Morgan fingerprint density at radius 2 is 2.03 bits per heavy atom. The summed E-state index contributed by atoms with van der Waals surface area (Å²) in [6, 6.07) is 5.84. The first-order chi connectivity index (χ1) is 14.5. The number of carboxylic acid groups (broad SMARTS) is 1. The first-order valence-electron chi connectivity index (χ1n) is 9.96. The molecule has 1 aliphatic heterocycles. The first-order valence-corrected chi connectivity index (χ1v) is 10.5. The Balaban J connectivity index is 0.00000272. The van der Waals surface area contributed by atoms with Crippen LogP contribution in [0, 0.1) is 11.7 Å².